The fraction of sp³-hybridized carbons (Fsp3) is 0.133. The van der Waals surface area contributed by atoms with Gasteiger partial charge in [-0.05, 0) is 24.3 Å². The zero-order chi connectivity index (χ0) is 13.7. The van der Waals surface area contributed by atoms with E-state index >= 15 is 0 Å². The number of hydrogen-bond acceptors (Lipinski definition) is 2. The van der Waals surface area contributed by atoms with Gasteiger partial charge in [-0.1, -0.05) is 34.1 Å². The lowest BCUT2D eigenvalue weighted by atomic mass is 10.1. The molecule has 0 aliphatic heterocycles. The molecule has 4 heteroatoms. The quantitative estimate of drug-likeness (QED) is 0.762. The minimum Gasteiger partial charge on any atom is -0.489 e. The first kappa shape index (κ1) is 13.9. The molecule has 0 fully saturated rings. The van der Waals surface area contributed by atoms with Crippen molar-refractivity contribution in [3.63, 3.8) is 0 Å². The predicted molar refractivity (Wildman–Crippen MR) is 79.2 cm³/mol. The van der Waals surface area contributed by atoms with Crippen molar-refractivity contribution >= 4 is 27.5 Å². The molecule has 2 rings (SSSR count). The average Bonchev–Trinajstić information content (AvgIpc) is 2.46. The molecule has 0 N–H and O–H groups in total. The third-order valence-corrected chi connectivity index (χ3v) is 3.47. The number of hydrogen-bond donors (Lipinski definition) is 0. The van der Waals surface area contributed by atoms with E-state index in [0.717, 1.165) is 21.3 Å². The standard InChI is InChI=1S/C15H11BrClNO/c16-14-5-6-15(13(7-14)8-17)19-10-12-4-2-1-3-11(12)9-18/h1-7H,8,10H2. The maximum Gasteiger partial charge on any atom is 0.124 e. The fourth-order valence-electron chi connectivity index (χ4n) is 1.70. The van der Waals surface area contributed by atoms with E-state index in [4.69, 9.17) is 21.6 Å². The largest absolute Gasteiger partial charge is 0.489 e. The Balaban J connectivity index is 2.17. The maximum absolute atomic E-state index is 9.02. The van der Waals surface area contributed by atoms with Crippen LogP contribution in [0.5, 0.6) is 5.75 Å². The van der Waals surface area contributed by atoms with Crippen molar-refractivity contribution in [2.24, 2.45) is 0 Å². The molecule has 0 aromatic heterocycles. The topological polar surface area (TPSA) is 33.0 Å². The molecule has 0 saturated carbocycles. The van der Waals surface area contributed by atoms with Crippen LogP contribution in [0.1, 0.15) is 16.7 Å². The Hall–Kier alpha value is -1.50. The molecule has 0 spiro atoms. The van der Waals surface area contributed by atoms with Gasteiger partial charge in [0.2, 0.25) is 0 Å². The summed E-state index contributed by atoms with van der Waals surface area (Å²) in [4.78, 5) is 0. The summed E-state index contributed by atoms with van der Waals surface area (Å²) in [6, 6.07) is 15.3. The molecular formula is C15H11BrClNO. The molecule has 19 heavy (non-hydrogen) atoms. The lowest BCUT2D eigenvalue weighted by Gasteiger charge is -2.11. The fourth-order valence-corrected chi connectivity index (χ4v) is 2.32. The van der Waals surface area contributed by atoms with Crippen LogP contribution in [0, 0.1) is 11.3 Å². The number of halogens is 2. The second-order valence-corrected chi connectivity index (χ2v) is 5.13. The molecule has 0 amide bonds. The molecule has 2 aromatic rings. The smallest absolute Gasteiger partial charge is 0.124 e. The van der Waals surface area contributed by atoms with Crippen molar-refractivity contribution in [3.8, 4) is 11.8 Å². The summed E-state index contributed by atoms with van der Waals surface area (Å²) in [5, 5.41) is 9.02. The Labute approximate surface area is 125 Å². The van der Waals surface area contributed by atoms with Crippen LogP contribution >= 0.6 is 27.5 Å². The number of benzene rings is 2. The van der Waals surface area contributed by atoms with Gasteiger partial charge >= 0.3 is 0 Å². The predicted octanol–water partition coefficient (Wildman–Crippen LogP) is 4.64. The monoisotopic (exact) mass is 335 g/mol. The summed E-state index contributed by atoms with van der Waals surface area (Å²) >= 11 is 9.29. The molecule has 0 radical (unpaired) electrons. The Bertz CT molecular complexity index is 622. The summed E-state index contributed by atoms with van der Waals surface area (Å²) in [5.74, 6) is 1.13. The number of ether oxygens (including phenoxy) is 1. The first-order chi connectivity index (χ1) is 9.24. The van der Waals surface area contributed by atoms with Crippen LogP contribution < -0.4 is 4.74 Å². The normalized spacial score (nSPS) is 9.95. The third kappa shape index (κ3) is 3.50. The van der Waals surface area contributed by atoms with Gasteiger partial charge < -0.3 is 4.74 Å². The second-order valence-electron chi connectivity index (χ2n) is 3.94. The SMILES string of the molecule is N#Cc1ccccc1COc1ccc(Br)cc1CCl. The summed E-state index contributed by atoms with van der Waals surface area (Å²) in [6.45, 7) is 0.356. The Kier molecular flexibility index (Phi) is 4.84. The van der Waals surface area contributed by atoms with E-state index in [1.807, 2.05) is 36.4 Å². The van der Waals surface area contributed by atoms with Gasteiger partial charge in [0.15, 0.2) is 0 Å². The van der Waals surface area contributed by atoms with Gasteiger partial charge in [-0.25, -0.2) is 0 Å². The molecule has 0 aliphatic rings. The third-order valence-electron chi connectivity index (χ3n) is 2.69. The van der Waals surface area contributed by atoms with Gasteiger partial charge in [-0.2, -0.15) is 5.26 Å². The zero-order valence-electron chi connectivity index (χ0n) is 10.1. The van der Waals surface area contributed by atoms with Crippen LogP contribution in [0.15, 0.2) is 46.9 Å². The van der Waals surface area contributed by atoms with Gasteiger partial charge in [-0.3, -0.25) is 0 Å². The van der Waals surface area contributed by atoms with Gasteiger partial charge in [0, 0.05) is 15.6 Å². The van der Waals surface area contributed by atoms with E-state index < -0.39 is 0 Å². The molecule has 2 aromatic carbocycles. The zero-order valence-corrected chi connectivity index (χ0v) is 12.4. The van der Waals surface area contributed by atoms with E-state index in [0.29, 0.717) is 18.1 Å². The van der Waals surface area contributed by atoms with Gasteiger partial charge in [0.05, 0.1) is 17.5 Å². The maximum atomic E-state index is 9.02. The van der Waals surface area contributed by atoms with Gasteiger partial charge in [0.25, 0.3) is 0 Å². The Morgan fingerprint density at radius 3 is 2.68 bits per heavy atom. The van der Waals surface area contributed by atoms with Crippen LogP contribution in [0.25, 0.3) is 0 Å². The summed E-state index contributed by atoms with van der Waals surface area (Å²) < 4.78 is 6.72. The van der Waals surface area contributed by atoms with Crippen molar-refractivity contribution in [2.75, 3.05) is 0 Å². The molecule has 0 bridgehead atoms. The minimum atomic E-state index is 0.356. The van der Waals surface area contributed by atoms with Crippen LogP contribution in [0.4, 0.5) is 0 Å². The molecule has 0 saturated heterocycles. The first-order valence-electron chi connectivity index (χ1n) is 5.70. The molecule has 96 valence electrons. The molecule has 0 atom stereocenters. The molecule has 2 nitrogen and oxygen atoms in total. The van der Waals surface area contributed by atoms with Crippen molar-refractivity contribution in [1.29, 1.82) is 5.26 Å². The van der Waals surface area contributed by atoms with Crippen molar-refractivity contribution in [3.05, 3.63) is 63.6 Å². The van der Waals surface area contributed by atoms with Crippen LogP contribution in [-0.4, -0.2) is 0 Å². The summed E-state index contributed by atoms with van der Waals surface area (Å²) in [7, 11) is 0. The highest BCUT2D eigenvalue weighted by Gasteiger charge is 2.06. The summed E-state index contributed by atoms with van der Waals surface area (Å²) in [5.41, 5.74) is 2.42. The molecule has 0 aliphatic carbocycles. The number of nitrogens with zero attached hydrogens (tertiary/aromatic N) is 1. The van der Waals surface area contributed by atoms with Crippen molar-refractivity contribution < 1.29 is 4.74 Å². The van der Waals surface area contributed by atoms with Crippen LogP contribution in [0.3, 0.4) is 0 Å². The van der Waals surface area contributed by atoms with Crippen LogP contribution in [0.2, 0.25) is 0 Å². The highest BCUT2D eigenvalue weighted by Crippen LogP contribution is 2.25. The number of alkyl halides is 1. The number of nitriles is 1. The Morgan fingerprint density at radius 2 is 1.95 bits per heavy atom. The van der Waals surface area contributed by atoms with E-state index in [1.165, 1.54) is 0 Å². The highest BCUT2D eigenvalue weighted by molar-refractivity contribution is 9.10. The first-order valence-corrected chi connectivity index (χ1v) is 7.02. The minimum absolute atomic E-state index is 0.356. The molecule has 0 unspecified atom stereocenters. The summed E-state index contributed by atoms with van der Waals surface area (Å²) in [6.07, 6.45) is 0. The van der Waals surface area contributed by atoms with Crippen LogP contribution in [-0.2, 0) is 12.5 Å². The lowest BCUT2D eigenvalue weighted by molar-refractivity contribution is 0.303. The van der Waals surface area contributed by atoms with Gasteiger partial charge in [-0.15, -0.1) is 11.6 Å². The highest BCUT2D eigenvalue weighted by atomic mass is 79.9. The van der Waals surface area contributed by atoms with Crippen molar-refractivity contribution in [1.82, 2.24) is 0 Å². The lowest BCUT2D eigenvalue weighted by Crippen LogP contribution is -2.00. The van der Waals surface area contributed by atoms with E-state index in [-0.39, 0.29) is 0 Å². The van der Waals surface area contributed by atoms with E-state index in [1.54, 1.807) is 6.07 Å². The number of rotatable bonds is 4. The molecule has 0 heterocycles. The van der Waals surface area contributed by atoms with Crippen molar-refractivity contribution in [2.45, 2.75) is 12.5 Å². The van der Waals surface area contributed by atoms with E-state index in [2.05, 4.69) is 22.0 Å². The molecular weight excluding hydrogens is 326 g/mol. The Morgan fingerprint density at radius 1 is 1.16 bits per heavy atom. The van der Waals surface area contributed by atoms with E-state index in [9.17, 15) is 0 Å². The van der Waals surface area contributed by atoms with Gasteiger partial charge in [0.1, 0.15) is 12.4 Å². The average molecular weight is 337 g/mol. The second kappa shape index (κ2) is 6.60.